The van der Waals surface area contributed by atoms with Gasteiger partial charge in [-0.2, -0.15) is 5.26 Å². The van der Waals surface area contributed by atoms with Crippen molar-refractivity contribution >= 4 is 5.82 Å². The highest BCUT2D eigenvalue weighted by atomic mass is 16.5. The van der Waals surface area contributed by atoms with E-state index in [9.17, 15) is 5.26 Å². The second-order valence-electron chi connectivity index (χ2n) is 7.63. The number of nitrogen functional groups attached to an aromatic ring is 1. The zero-order valence-corrected chi connectivity index (χ0v) is 14.9. The number of anilines is 1. The molecular formula is C20H21N3O2. The van der Waals surface area contributed by atoms with Gasteiger partial charge in [-0.1, -0.05) is 6.07 Å². The second-order valence-corrected chi connectivity index (χ2v) is 7.63. The molecule has 4 rings (SSSR count). The Morgan fingerprint density at radius 2 is 1.96 bits per heavy atom. The standard InChI is InChI=1S/C20H21N3O2/c1-19(2)16-15(12-5-6-14-11(9-12)7-8-24-14)13(10-21)18(22)23-17(16)20(3,4)25-19/h5-6,9H,7-8H2,1-4H3,(H2,22,23). The van der Waals surface area contributed by atoms with Gasteiger partial charge >= 0.3 is 0 Å². The highest BCUT2D eigenvalue weighted by molar-refractivity contribution is 5.81. The van der Waals surface area contributed by atoms with Crippen LogP contribution < -0.4 is 10.5 Å². The summed E-state index contributed by atoms with van der Waals surface area (Å²) in [5, 5.41) is 9.75. The van der Waals surface area contributed by atoms with Gasteiger partial charge in [0.25, 0.3) is 0 Å². The predicted molar refractivity (Wildman–Crippen MR) is 95.1 cm³/mol. The number of hydrogen-bond acceptors (Lipinski definition) is 5. The van der Waals surface area contributed by atoms with Crippen LogP contribution in [0.3, 0.4) is 0 Å². The minimum absolute atomic E-state index is 0.252. The summed E-state index contributed by atoms with van der Waals surface area (Å²) in [4.78, 5) is 4.54. The van der Waals surface area contributed by atoms with Crippen LogP contribution in [-0.2, 0) is 22.4 Å². The van der Waals surface area contributed by atoms with E-state index < -0.39 is 11.2 Å². The lowest BCUT2D eigenvalue weighted by Gasteiger charge is -2.25. The van der Waals surface area contributed by atoms with Gasteiger partial charge in [-0.3, -0.25) is 0 Å². The molecule has 5 heteroatoms. The van der Waals surface area contributed by atoms with Crippen molar-refractivity contribution in [1.29, 1.82) is 5.26 Å². The van der Waals surface area contributed by atoms with Gasteiger partial charge in [-0.25, -0.2) is 4.98 Å². The first-order valence-electron chi connectivity index (χ1n) is 8.45. The number of ether oxygens (including phenoxy) is 2. The molecule has 128 valence electrons. The van der Waals surface area contributed by atoms with E-state index in [0.29, 0.717) is 12.2 Å². The fourth-order valence-electron chi connectivity index (χ4n) is 4.11. The summed E-state index contributed by atoms with van der Waals surface area (Å²) >= 11 is 0. The van der Waals surface area contributed by atoms with Gasteiger partial charge in [0.15, 0.2) is 0 Å². The van der Waals surface area contributed by atoms with Crippen LogP contribution in [0.25, 0.3) is 11.1 Å². The first-order chi connectivity index (χ1) is 11.7. The summed E-state index contributed by atoms with van der Waals surface area (Å²) in [5.41, 5.74) is 10.1. The zero-order chi connectivity index (χ0) is 18.0. The van der Waals surface area contributed by atoms with E-state index in [1.54, 1.807) is 0 Å². The monoisotopic (exact) mass is 335 g/mol. The first-order valence-corrected chi connectivity index (χ1v) is 8.45. The summed E-state index contributed by atoms with van der Waals surface area (Å²) < 4.78 is 11.9. The van der Waals surface area contributed by atoms with Crippen molar-refractivity contribution in [2.45, 2.75) is 45.3 Å². The van der Waals surface area contributed by atoms with Gasteiger partial charge in [0.05, 0.1) is 17.9 Å². The Balaban J connectivity index is 2.07. The Morgan fingerprint density at radius 3 is 2.68 bits per heavy atom. The van der Waals surface area contributed by atoms with Crippen molar-refractivity contribution < 1.29 is 9.47 Å². The lowest BCUT2D eigenvalue weighted by atomic mass is 9.84. The summed E-state index contributed by atoms with van der Waals surface area (Å²) in [5.74, 6) is 1.17. The molecule has 0 aliphatic carbocycles. The van der Waals surface area contributed by atoms with Gasteiger partial charge in [-0.05, 0) is 51.0 Å². The van der Waals surface area contributed by atoms with E-state index in [2.05, 4.69) is 17.1 Å². The lowest BCUT2D eigenvalue weighted by Crippen LogP contribution is -2.23. The molecule has 1 aromatic carbocycles. The largest absolute Gasteiger partial charge is 0.493 e. The molecule has 0 fully saturated rings. The molecule has 0 atom stereocenters. The van der Waals surface area contributed by atoms with Crippen LogP contribution in [0.5, 0.6) is 5.75 Å². The predicted octanol–water partition coefficient (Wildman–Crippen LogP) is 3.64. The Kier molecular flexibility index (Phi) is 3.16. The number of nitrogens with zero attached hydrogens (tertiary/aromatic N) is 2. The Hall–Kier alpha value is -2.58. The number of nitriles is 1. The maximum Gasteiger partial charge on any atom is 0.142 e. The van der Waals surface area contributed by atoms with Crippen LogP contribution in [0.4, 0.5) is 5.82 Å². The third-order valence-corrected chi connectivity index (χ3v) is 5.00. The Morgan fingerprint density at radius 1 is 1.20 bits per heavy atom. The molecule has 0 amide bonds. The van der Waals surface area contributed by atoms with Gasteiger partial charge in [0, 0.05) is 17.5 Å². The molecule has 2 aromatic rings. The van der Waals surface area contributed by atoms with E-state index in [1.807, 2.05) is 39.8 Å². The quantitative estimate of drug-likeness (QED) is 0.860. The first kappa shape index (κ1) is 15.9. The SMILES string of the molecule is CC1(C)OC(C)(C)c2c1nc(N)c(C#N)c2-c1ccc2c(c1)CCO2. The van der Waals surface area contributed by atoms with Gasteiger partial charge in [0.1, 0.15) is 28.8 Å². The van der Waals surface area contributed by atoms with Crippen molar-refractivity contribution in [3.05, 3.63) is 40.6 Å². The van der Waals surface area contributed by atoms with Crippen molar-refractivity contribution in [2.24, 2.45) is 0 Å². The molecule has 1 aromatic heterocycles. The maximum absolute atomic E-state index is 9.75. The number of hydrogen-bond donors (Lipinski definition) is 1. The van der Waals surface area contributed by atoms with E-state index in [1.165, 1.54) is 0 Å². The number of pyridine rings is 1. The number of aromatic nitrogens is 1. The molecule has 25 heavy (non-hydrogen) atoms. The van der Waals surface area contributed by atoms with E-state index in [0.717, 1.165) is 40.1 Å². The molecule has 0 saturated heterocycles. The van der Waals surface area contributed by atoms with Crippen LogP contribution in [0.2, 0.25) is 0 Å². The number of fused-ring (bicyclic) bond motifs is 2. The average molecular weight is 335 g/mol. The van der Waals surface area contributed by atoms with Crippen molar-refractivity contribution in [3.8, 4) is 22.9 Å². The molecule has 0 unspecified atom stereocenters. The normalized spacial score (nSPS) is 19.0. The van der Waals surface area contributed by atoms with Gasteiger partial charge < -0.3 is 15.2 Å². The molecule has 0 bridgehead atoms. The number of benzene rings is 1. The minimum Gasteiger partial charge on any atom is -0.493 e. The van der Waals surface area contributed by atoms with E-state index in [4.69, 9.17) is 15.2 Å². The molecule has 0 radical (unpaired) electrons. The smallest absolute Gasteiger partial charge is 0.142 e. The van der Waals surface area contributed by atoms with Crippen LogP contribution >= 0.6 is 0 Å². The van der Waals surface area contributed by atoms with Crippen molar-refractivity contribution in [2.75, 3.05) is 12.3 Å². The Labute approximate surface area is 147 Å². The highest BCUT2D eigenvalue weighted by Gasteiger charge is 2.47. The van der Waals surface area contributed by atoms with Crippen LogP contribution in [0, 0.1) is 11.3 Å². The third-order valence-electron chi connectivity index (χ3n) is 5.00. The summed E-state index contributed by atoms with van der Waals surface area (Å²) in [6, 6.07) is 8.30. The number of rotatable bonds is 1. The van der Waals surface area contributed by atoms with Crippen LogP contribution in [0.1, 0.15) is 50.1 Å². The van der Waals surface area contributed by atoms with Gasteiger partial charge in [0.2, 0.25) is 0 Å². The van der Waals surface area contributed by atoms with E-state index in [-0.39, 0.29) is 5.82 Å². The number of nitrogens with two attached hydrogens (primary N) is 1. The second kappa shape index (κ2) is 4.96. The van der Waals surface area contributed by atoms with E-state index >= 15 is 0 Å². The molecule has 5 nitrogen and oxygen atoms in total. The van der Waals surface area contributed by atoms with Gasteiger partial charge in [-0.15, -0.1) is 0 Å². The molecule has 2 aliphatic rings. The maximum atomic E-state index is 9.75. The molecule has 0 spiro atoms. The third kappa shape index (κ3) is 2.21. The summed E-state index contributed by atoms with van der Waals surface area (Å²) in [6.45, 7) is 8.69. The molecule has 0 saturated carbocycles. The molecule has 2 aliphatic heterocycles. The van der Waals surface area contributed by atoms with Crippen molar-refractivity contribution in [3.63, 3.8) is 0 Å². The minimum atomic E-state index is -0.560. The van der Waals surface area contributed by atoms with Crippen LogP contribution in [0.15, 0.2) is 18.2 Å². The average Bonchev–Trinajstić information content (AvgIpc) is 3.06. The summed E-state index contributed by atoms with van der Waals surface area (Å²) in [7, 11) is 0. The highest BCUT2D eigenvalue weighted by Crippen LogP contribution is 2.51. The fourth-order valence-corrected chi connectivity index (χ4v) is 4.11. The molecular weight excluding hydrogens is 314 g/mol. The topological polar surface area (TPSA) is 81.2 Å². The van der Waals surface area contributed by atoms with Crippen LogP contribution in [-0.4, -0.2) is 11.6 Å². The fraction of sp³-hybridized carbons (Fsp3) is 0.400. The Bertz CT molecular complexity index is 939. The molecule has 2 N–H and O–H groups in total. The zero-order valence-electron chi connectivity index (χ0n) is 14.9. The lowest BCUT2D eigenvalue weighted by molar-refractivity contribution is -0.106. The van der Waals surface area contributed by atoms with Crippen molar-refractivity contribution in [1.82, 2.24) is 4.98 Å². The summed E-state index contributed by atoms with van der Waals surface area (Å²) in [6.07, 6.45) is 0.874. The molecule has 3 heterocycles.